The molecule has 3 aromatic rings. The highest BCUT2D eigenvalue weighted by Crippen LogP contribution is 2.37. The summed E-state index contributed by atoms with van der Waals surface area (Å²) in [6.45, 7) is 5.96. The van der Waals surface area contributed by atoms with Crippen LogP contribution in [0.15, 0.2) is 42.5 Å². The fourth-order valence-corrected chi connectivity index (χ4v) is 5.06. The number of primary amides is 1. The molecule has 1 aromatic heterocycles. The van der Waals surface area contributed by atoms with Crippen LogP contribution in [-0.2, 0) is 13.0 Å². The summed E-state index contributed by atoms with van der Waals surface area (Å²) in [5.74, 6) is 0.199. The van der Waals surface area contributed by atoms with Gasteiger partial charge in [-0.15, -0.1) is 0 Å². The van der Waals surface area contributed by atoms with Crippen molar-refractivity contribution < 1.29 is 13.9 Å². The van der Waals surface area contributed by atoms with E-state index in [4.69, 9.17) is 22.1 Å². The molecule has 2 N–H and O–H groups in total. The molecular formula is C26H32ClFN4O2. The van der Waals surface area contributed by atoms with Crippen LogP contribution in [0, 0.1) is 0 Å². The molecule has 4 rings (SSSR count). The van der Waals surface area contributed by atoms with E-state index in [-0.39, 0.29) is 0 Å². The Bertz CT molecular complexity index is 1160. The number of hydrogen-bond acceptors (Lipinski definition) is 4. The first-order valence-corrected chi connectivity index (χ1v) is 12.1. The topological polar surface area (TPSA) is 63.7 Å². The molecule has 1 fully saturated rings. The average molecular weight is 487 g/mol. The van der Waals surface area contributed by atoms with E-state index in [1.54, 1.807) is 13.2 Å². The minimum Gasteiger partial charge on any atom is -0.493 e. The Morgan fingerprint density at radius 2 is 1.91 bits per heavy atom. The van der Waals surface area contributed by atoms with E-state index in [1.165, 1.54) is 5.56 Å². The second-order valence-electron chi connectivity index (χ2n) is 8.76. The molecule has 0 radical (unpaired) electrons. The summed E-state index contributed by atoms with van der Waals surface area (Å²) >= 11 is 6.43. The summed E-state index contributed by atoms with van der Waals surface area (Å²) in [6, 6.07) is 13.6. The van der Waals surface area contributed by atoms with Gasteiger partial charge in [0.25, 0.3) is 5.91 Å². The number of alkyl halides is 1. The number of hydrogen-bond donors (Lipinski definition) is 1. The zero-order valence-corrected chi connectivity index (χ0v) is 20.5. The van der Waals surface area contributed by atoms with Gasteiger partial charge < -0.3 is 19.9 Å². The highest BCUT2D eigenvalue weighted by atomic mass is 35.5. The second-order valence-corrected chi connectivity index (χ2v) is 9.17. The van der Waals surface area contributed by atoms with Gasteiger partial charge in [0.15, 0.2) is 5.75 Å². The second kappa shape index (κ2) is 10.7. The molecule has 6 nitrogen and oxygen atoms in total. The Kier molecular flexibility index (Phi) is 7.63. The molecule has 34 heavy (non-hydrogen) atoms. The lowest BCUT2D eigenvalue weighted by Gasteiger charge is -2.37. The molecular weight excluding hydrogens is 455 g/mol. The summed E-state index contributed by atoms with van der Waals surface area (Å²) in [6.07, 6.45) is 0.219. The number of methoxy groups -OCH3 is 1. The van der Waals surface area contributed by atoms with E-state index in [2.05, 4.69) is 22.8 Å². The van der Waals surface area contributed by atoms with Gasteiger partial charge in [0.05, 0.1) is 17.8 Å². The molecule has 1 atom stereocenters. The number of rotatable bonds is 9. The Labute approximate surface area is 205 Å². The molecule has 2 aromatic carbocycles. The quantitative estimate of drug-likeness (QED) is 0.483. The number of nitrogens with two attached hydrogens (primary N) is 1. The minimum atomic E-state index is -0.999. The van der Waals surface area contributed by atoms with Crippen LogP contribution >= 0.6 is 11.6 Å². The SMILES string of the molecule is CCc1cc(Cl)c(OC)c(N2CCN(CC(F)CCn3c(C(N)=O)cc4ccccc43)CC2)c1. The van der Waals surface area contributed by atoms with Crippen molar-refractivity contribution in [2.45, 2.75) is 32.5 Å². The number of para-hydroxylation sites is 1. The fourth-order valence-electron chi connectivity index (χ4n) is 4.74. The highest BCUT2D eigenvalue weighted by molar-refractivity contribution is 6.32. The van der Waals surface area contributed by atoms with E-state index >= 15 is 0 Å². The molecule has 182 valence electrons. The molecule has 0 bridgehead atoms. The van der Waals surface area contributed by atoms with Gasteiger partial charge in [0, 0.05) is 50.2 Å². The standard InChI is InChI=1S/C26H32ClFN4O2/c1-3-18-14-21(27)25(34-2)23(15-18)31-12-10-30(11-13-31)17-20(28)8-9-32-22-7-5-4-6-19(22)16-24(32)26(29)33/h4-7,14-16,20H,3,8-13,17H2,1-2H3,(H2,29,33). The summed E-state index contributed by atoms with van der Waals surface area (Å²) < 4.78 is 22.4. The fraction of sp³-hybridized carbons (Fsp3) is 0.423. The number of amides is 1. The monoisotopic (exact) mass is 486 g/mol. The first kappa shape index (κ1) is 24.4. The van der Waals surface area contributed by atoms with Crippen LogP contribution < -0.4 is 15.4 Å². The lowest BCUT2D eigenvalue weighted by Crippen LogP contribution is -2.48. The number of halogens is 2. The average Bonchev–Trinajstić information content (AvgIpc) is 3.21. The molecule has 0 saturated carbocycles. The van der Waals surface area contributed by atoms with Crippen molar-refractivity contribution in [2.24, 2.45) is 5.73 Å². The van der Waals surface area contributed by atoms with Gasteiger partial charge in [-0.2, -0.15) is 0 Å². The molecule has 1 aliphatic heterocycles. The van der Waals surface area contributed by atoms with Crippen molar-refractivity contribution in [3.05, 3.63) is 58.7 Å². The maximum Gasteiger partial charge on any atom is 0.265 e. The molecule has 1 saturated heterocycles. The van der Waals surface area contributed by atoms with Crippen LogP contribution in [0.1, 0.15) is 29.4 Å². The van der Waals surface area contributed by atoms with Crippen molar-refractivity contribution in [1.82, 2.24) is 9.47 Å². The van der Waals surface area contributed by atoms with Gasteiger partial charge >= 0.3 is 0 Å². The van der Waals surface area contributed by atoms with E-state index in [0.29, 0.717) is 36.0 Å². The predicted octanol–water partition coefficient (Wildman–Crippen LogP) is 4.52. The van der Waals surface area contributed by atoms with Crippen LogP contribution in [0.5, 0.6) is 5.75 Å². The number of aryl methyl sites for hydroxylation is 2. The van der Waals surface area contributed by atoms with Gasteiger partial charge in [-0.3, -0.25) is 9.69 Å². The number of carbonyl (C=O) groups excluding carboxylic acids is 1. The Hall–Kier alpha value is -2.77. The zero-order valence-electron chi connectivity index (χ0n) is 19.8. The Balaban J connectivity index is 1.35. The van der Waals surface area contributed by atoms with Crippen molar-refractivity contribution >= 4 is 34.1 Å². The number of ether oxygens (including phenoxy) is 1. The normalized spacial score (nSPS) is 15.6. The maximum atomic E-state index is 15.0. The predicted molar refractivity (Wildman–Crippen MR) is 136 cm³/mol. The van der Waals surface area contributed by atoms with Gasteiger partial charge in [0.2, 0.25) is 0 Å². The third-order valence-corrected chi connectivity index (χ3v) is 6.88. The lowest BCUT2D eigenvalue weighted by molar-refractivity contribution is 0.0990. The molecule has 1 amide bonds. The molecule has 2 heterocycles. The first-order chi connectivity index (χ1) is 16.4. The van der Waals surface area contributed by atoms with Gasteiger partial charge in [-0.25, -0.2) is 4.39 Å². The van der Waals surface area contributed by atoms with Crippen LogP contribution in [-0.4, -0.2) is 61.4 Å². The van der Waals surface area contributed by atoms with Crippen molar-refractivity contribution in [3.8, 4) is 5.75 Å². The number of anilines is 1. The molecule has 0 aliphatic carbocycles. The number of carbonyl (C=O) groups is 1. The number of benzene rings is 2. The van der Waals surface area contributed by atoms with Gasteiger partial charge in [-0.1, -0.05) is 36.7 Å². The Morgan fingerprint density at radius 1 is 1.18 bits per heavy atom. The third kappa shape index (κ3) is 5.15. The third-order valence-electron chi connectivity index (χ3n) is 6.59. The summed E-state index contributed by atoms with van der Waals surface area (Å²) in [5.41, 5.74) is 9.05. The van der Waals surface area contributed by atoms with Crippen molar-refractivity contribution in [1.29, 1.82) is 0 Å². The highest BCUT2D eigenvalue weighted by Gasteiger charge is 2.24. The zero-order chi connectivity index (χ0) is 24.2. The maximum absolute atomic E-state index is 15.0. The summed E-state index contributed by atoms with van der Waals surface area (Å²) in [5, 5.41) is 1.56. The van der Waals surface area contributed by atoms with Crippen LogP contribution in [0.25, 0.3) is 10.9 Å². The number of piperazine rings is 1. The first-order valence-electron chi connectivity index (χ1n) is 11.8. The van der Waals surface area contributed by atoms with E-state index in [0.717, 1.165) is 49.2 Å². The summed E-state index contributed by atoms with van der Waals surface area (Å²) in [7, 11) is 1.64. The largest absolute Gasteiger partial charge is 0.493 e. The number of fused-ring (bicyclic) bond motifs is 1. The number of aromatic nitrogens is 1. The van der Waals surface area contributed by atoms with E-state index in [1.807, 2.05) is 34.9 Å². The van der Waals surface area contributed by atoms with Crippen LogP contribution in [0.3, 0.4) is 0 Å². The molecule has 1 unspecified atom stereocenters. The lowest BCUT2D eigenvalue weighted by atomic mass is 10.1. The molecule has 1 aliphatic rings. The van der Waals surface area contributed by atoms with Gasteiger partial charge in [0.1, 0.15) is 11.9 Å². The minimum absolute atomic E-state index is 0.321. The van der Waals surface area contributed by atoms with E-state index in [9.17, 15) is 9.18 Å². The molecule has 0 spiro atoms. The number of nitrogens with zero attached hydrogens (tertiary/aromatic N) is 3. The van der Waals surface area contributed by atoms with Crippen molar-refractivity contribution in [3.63, 3.8) is 0 Å². The molecule has 8 heteroatoms. The van der Waals surface area contributed by atoms with Crippen LogP contribution in [0.4, 0.5) is 10.1 Å². The van der Waals surface area contributed by atoms with Gasteiger partial charge in [-0.05, 0) is 42.7 Å². The Morgan fingerprint density at radius 3 is 2.59 bits per heavy atom. The van der Waals surface area contributed by atoms with Crippen molar-refractivity contribution in [2.75, 3.05) is 44.7 Å². The summed E-state index contributed by atoms with van der Waals surface area (Å²) in [4.78, 5) is 16.3. The smallest absolute Gasteiger partial charge is 0.265 e. The van der Waals surface area contributed by atoms with Crippen LogP contribution in [0.2, 0.25) is 5.02 Å². The van der Waals surface area contributed by atoms with E-state index < -0.39 is 12.1 Å².